The van der Waals surface area contributed by atoms with E-state index in [0.717, 1.165) is 5.56 Å². The Morgan fingerprint density at radius 3 is 2.61 bits per heavy atom. The van der Waals surface area contributed by atoms with E-state index < -0.39 is 6.10 Å². The van der Waals surface area contributed by atoms with Gasteiger partial charge in [-0.05, 0) is 49.7 Å². The monoisotopic (exact) mass is 402 g/mol. The standard InChI is InChI=1S/C21H23ClN2O4/c1-14-13-16(7-8-18(14)22)28-15(2)20(25)23-19-6-4-3-5-17(19)21(26)24-9-11-27-12-10-24/h3-8,13,15H,9-12H2,1-2H3,(H,23,25). The summed E-state index contributed by atoms with van der Waals surface area (Å²) >= 11 is 6.02. The molecule has 0 spiro atoms. The molecule has 2 amide bonds. The molecule has 0 bridgehead atoms. The number of aryl methyl sites for hydroxylation is 1. The lowest BCUT2D eigenvalue weighted by atomic mass is 10.1. The van der Waals surface area contributed by atoms with Crippen LogP contribution >= 0.6 is 11.6 Å². The van der Waals surface area contributed by atoms with Gasteiger partial charge in [0.25, 0.3) is 11.8 Å². The van der Waals surface area contributed by atoms with Gasteiger partial charge < -0.3 is 19.7 Å². The van der Waals surface area contributed by atoms with Crippen LogP contribution in [0.3, 0.4) is 0 Å². The summed E-state index contributed by atoms with van der Waals surface area (Å²) in [7, 11) is 0. The molecule has 28 heavy (non-hydrogen) atoms. The molecule has 7 heteroatoms. The largest absolute Gasteiger partial charge is 0.481 e. The molecule has 2 aromatic rings. The van der Waals surface area contributed by atoms with Crippen molar-refractivity contribution >= 4 is 29.1 Å². The molecule has 0 radical (unpaired) electrons. The van der Waals surface area contributed by atoms with E-state index in [9.17, 15) is 9.59 Å². The molecule has 1 N–H and O–H groups in total. The number of anilines is 1. The third-order valence-electron chi connectivity index (χ3n) is 4.53. The van der Waals surface area contributed by atoms with Gasteiger partial charge >= 0.3 is 0 Å². The first kappa shape index (κ1) is 20.2. The number of morpholine rings is 1. The van der Waals surface area contributed by atoms with Crippen LogP contribution in [-0.2, 0) is 9.53 Å². The first-order valence-corrected chi connectivity index (χ1v) is 9.53. The molecule has 1 aliphatic rings. The molecular weight excluding hydrogens is 380 g/mol. The minimum Gasteiger partial charge on any atom is -0.481 e. The van der Waals surface area contributed by atoms with Crippen molar-refractivity contribution in [1.82, 2.24) is 4.90 Å². The molecule has 2 aromatic carbocycles. The number of halogens is 1. The Morgan fingerprint density at radius 1 is 1.18 bits per heavy atom. The summed E-state index contributed by atoms with van der Waals surface area (Å²) in [6.45, 7) is 5.64. The zero-order valence-electron chi connectivity index (χ0n) is 15.9. The van der Waals surface area contributed by atoms with E-state index in [-0.39, 0.29) is 11.8 Å². The van der Waals surface area contributed by atoms with Crippen LogP contribution in [0.25, 0.3) is 0 Å². The maximum atomic E-state index is 12.8. The smallest absolute Gasteiger partial charge is 0.265 e. The minimum absolute atomic E-state index is 0.124. The predicted octanol–water partition coefficient (Wildman–Crippen LogP) is 3.53. The average molecular weight is 403 g/mol. The van der Waals surface area contributed by atoms with Crippen LogP contribution in [0.2, 0.25) is 5.02 Å². The van der Waals surface area contributed by atoms with Crippen LogP contribution in [0.1, 0.15) is 22.8 Å². The fraction of sp³-hybridized carbons (Fsp3) is 0.333. The van der Waals surface area contributed by atoms with Crippen molar-refractivity contribution in [2.45, 2.75) is 20.0 Å². The second-order valence-corrected chi connectivity index (χ2v) is 7.02. The van der Waals surface area contributed by atoms with Gasteiger partial charge in [-0.3, -0.25) is 9.59 Å². The lowest BCUT2D eigenvalue weighted by molar-refractivity contribution is -0.122. The molecule has 1 aliphatic heterocycles. The van der Waals surface area contributed by atoms with Gasteiger partial charge in [0.05, 0.1) is 24.5 Å². The molecule has 1 unspecified atom stereocenters. The van der Waals surface area contributed by atoms with Crippen LogP contribution in [0.15, 0.2) is 42.5 Å². The van der Waals surface area contributed by atoms with Crippen LogP contribution < -0.4 is 10.1 Å². The lowest BCUT2D eigenvalue weighted by Crippen LogP contribution is -2.41. The van der Waals surface area contributed by atoms with E-state index in [4.69, 9.17) is 21.1 Å². The van der Waals surface area contributed by atoms with Crippen molar-refractivity contribution in [3.05, 3.63) is 58.6 Å². The van der Waals surface area contributed by atoms with Crippen LogP contribution in [-0.4, -0.2) is 49.1 Å². The Balaban J connectivity index is 1.69. The van der Waals surface area contributed by atoms with Gasteiger partial charge in [-0.15, -0.1) is 0 Å². The summed E-state index contributed by atoms with van der Waals surface area (Å²) in [5, 5.41) is 3.45. The van der Waals surface area contributed by atoms with Crippen molar-refractivity contribution < 1.29 is 19.1 Å². The van der Waals surface area contributed by atoms with Gasteiger partial charge in [0.15, 0.2) is 6.10 Å². The summed E-state index contributed by atoms with van der Waals surface area (Å²) in [6, 6.07) is 12.2. The maximum Gasteiger partial charge on any atom is 0.265 e. The average Bonchev–Trinajstić information content (AvgIpc) is 2.71. The number of benzene rings is 2. The normalized spacial score (nSPS) is 15.0. The highest BCUT2D eigenvalue weighted by Crippen LogP contribution is 2.23. The van der Waals surface area contributed by atoms with Crippen LogP contribution in [0, 0.1) is 6.92 Å². The zero-order valence-corrected chi connectivity index (χ0v) is 16.7. The van der Waals surface area contributed by atoms with E-state index in [1.165, 1.54) is 0 Å². The molecule has 1 atom stereocenters. The second kappa shape index (κ2) is 9.08. The van der Waals surface area contributed by atoms with Gasteiger partial charge in [-0.25, -0.2) is 0 Å². The summed E-state index contributed by atoms with van der Waals surface area (Å²) in [5.74, 6) is 0.0955. The number of para-hydroxylation sites is 1. The Hall–Kier alpha value is -2.57. The maximum absolute atomic E-state index is 12.8. The van der Waals surface area contributed by atoms with E-state index in [1.807, 2.05) is 6.92 Å². The minimum atomic E-state index is -0.743. The lowest BCUT2D eigenvalue weighted by Gasteiger charge is -2.27. The highest BCUT2D eigenvalue weighted by molar-refractivity contribution is 6.31. The van der Waals surface area contributed by atoms with E-state index in [1.54, 1.807) is 54.3 Å². The summed E-state index contributed by atoms with van der Waals surface area (Å²) in [6.07, 6.45) is -0.743. The second-order valence-electron chi connectivity index (χ2n) is 6.61. The Labute approximate surface area is 169 Å². The number of nitrogens with one attached hydrogen (secondary N) is 1. The Kier molecular flexibility index (Phi) is 6.54. The molecule has 0 saturated carbocycles. The number of ether oxygens (including phenoxy) is 2. The van der Waals surface area contributed by atoms with E-state index in [2.05, 4.69) is 5.32 Å². The number of nitrogens with zero attached hydrogens (tertiary/aromatic N) is 1. The Bertz CT molecular complexity index is 865. The molecule has 3 rings (SSSR count). The number of carbonyl (C=O) groups excluding carboxylic acids is 2. The highest BCUT2D eigenvalue weighted by atomic mass is 35.5. The van der Waals surface area contributed by atoms with Gasteiger partial charge in [-0.2, -0.15) is 0 Å². The topological polar surface area (TPSA) is 67.9 Å². The first-order valence-electron chi connectivity index (χ1n) is 9.15. The number of carbonyl (C=O) groups is 2. The summed E-state index contributed by atoms with van der Waals surface area (Å²) < 4.78 is 11.0. The third-order valence-corrected chi connectivity index (χ3v) is 4.95. The SMILES string of the molecule is Cc1cc(OC(C)C(=O)Nc2ccccc2C(=O)N2CCOCC2)ccc1Cl. The van der Waals surface area contributed by atoms with Crippen molar-refractivity contribution in [3.63, 3.8) is 0 Å². The van der Waals surface area contributed by atoms with Crippen molar-refractivity contribution in [2.24, 2.45) is 0 Å². The number of hydrogen-bond donors (Lipinski definition) is 1. The summed E-state index contributed by atoms with van der Waals surface area (Å²) in [4.78, 5) is 27.1. The predicted molar refractivity (Wildman–Crippen MR) is 108 cm³/mol. The molecule has 0 aromatic heterocycles. The molecule has 1 fully saturated rings. The number of amides is 2. The molecule has 148 valence electrons. The zero-order chi connectivity index (χ0) is 20.1. The van der Waals surface area contributed by atoms with Gasteiger partial charge in [-0.1, -0.05) is 23.7 Å². The Morgan fingerprint density at radius 2 is 1.89 bits per heavy atom. The molecular formula is C21H23ClN2O4. The van der Waals surface area contributed by atoms with E-state index >= 15 is 0 Å². The summed E-state index contributed by atoms with van der Waals surface area (Å²) in [5.41, 5.74) is 1.78. The first-order chi connectivity index (χ1) is 13.5. The molecule has 1 heterocycles. The quantitative estimate of drug-likeness (QED) is 0.830. The molecule has 1 saturated heterocycles. The number of hydrogen-bond acceptors (Lipinski definition) is 4. The van der Waals surface area contributed by atoms with Crippen LogP contribution in [0.4, 0.5) is 5.69 Å². The van der Waals surface area contributed by atoms with Crippen molar-refractivity contribution in [3.8, 4) is 5.75 Å². The van der Waals surface area contributed by atoms with Crippen molar-refractivity contribution in [2.75, 3.05) is 31.6 Å². The van der Waals surface area contributed by atoms with Crippen LogP contribution in [0.5, 0.6) is 5.75 Å². The molecule has 0 aliphatic carbocycles. The van der Waals surface area contributed by atoms with Gasteiger partial charge in [0.2, 0.25) is 0 Å². The number of rotatable bonds is 5. The van der Waals surface area contributed by atoms with Gasteiger partial charge in [0, 0.05) is 18.1 Å². The van der Waals surface area contributed by atoms with Crippen molar-refractivity contribution in [1.29, 1.82) is 0 Å². The highest BCUT2D eigenvalue weighted by Gasteiger charge is 2.23. The molecule has 6 nitrogen and oxygen atoms in total. The third kappa shape index (κ3) is 4.82. The van der Waals surface area contributed by atoms with Gasteiger partial charge in [0.1, 0.15) is 5.75 Å². The fourth-order valence-electron chi connectivity index (χ4n) is 2.90. The fourth-order valence-corrected chi connectivity index (χ4v) is 3.02. The van der Waals surface area contributed by atoms with E-state index in [0.29, 0.717) is 48.3 Å².